The molecule has 0 saturated heterocycles. The molecule has 0 fully saturated rings. The van der Waals surface area contributed by atoms with Crippen LogP contribution in [0.3, 0.4) is 0 Å². The van der Waals surface area contributed by atoms with Crippen molar-refractivity contribution < 1.29 is 4.39 Å². The smallest absolute Gasteiger partial charge is 0.148 e. The van der Waals surface area contributed by atoms with Crippen molar-refractivity contribution in [3.63, 3.8) is 0 Å². The number of aryl methyl sites for hydroxylation is 1. The number of nitrogens with zero attached hydrogens (tertiary/aromatic N) is 1. The van der Waals surface area contributed by atoms with Crippen LogP contribution in [0.4, 0.5) is 15.8 Å². The molecule has 0 bridgehead atoms. The fraction of sp³-hybridized carbons (Fsp3) is 0.357. The largest absolute Gasteiger partial charge is 0.381 e. The summed E-state index contributed by atoms with van der Waals surface area (Å²) in [5, 5.41) is 9.31. The maximum atomic E-state index is 13.9. The zero-order chi connectivity index (χ0) is 13.8. The molecular weight excluding hydrogens is 261 g/mol. The number of thiazole rings is 1. The Hall–Kier alpha value is -1.62. The molecule has 1 aromatic heterocycles. The van der Waals surface area contributed by atoms with E-state index in [2.05, 4.69) is 15.6 Å². The quantitative estimate of drug-likeness (QED) is 0.868. The molecule has 0 spiro atoms. The van der Waals surface area contributed by atoms with Gasteiger partial charge < -0.3 is 10.6 Å². The van der Waals surface area contributed by atoms with Gasteiger partial charge in [0.05, 0.1) is 17.9 Å². The molecule has 5 heteroatoms. The molecule has 102 valence electrons. The SMILES string of the molecule is Cc1csc(CNc2c(F)cccc2NC(C)C)n1. The average molecular weight is 279 g/mol. The van der Waals surface area contributed by atoms with Crippen LogP contribution in [-0.4, -0.2) is 11.0 Å². The van der Waals surface area contributed by atoms with Crippen molar-refractivity contribution in [2.24, 2.45) is 0 Å². The van der Waals surface area contributed by atoms with Crippen molar-refractivity contribution in [2.75, 3.05) is 10.6 Å². The molecule has 3 nitrogen and oxygen atoms in total. The van der Waals surface area contributed by atoms with Gasteiger partial charge in [0.15, 0.2) is 0 Å². The van der Waals surface area contributed by atoms with E-state index in [-0.39, 0.29) is 11.9 Å². The maximum Gasteiger partial charge on any atom is 0.148 e. The zero-order valence-corrected chi connectivity index (χ0v) is 12.1. The Labute approximate surface area is 116 Å². The van der Waals surface area contributed by atoms with Gasteiger partial charge in [-0.15, -0.1) is 11.3 Å². The summed E-state index contributed by atoms with van der Waals surface area (Å²) >= 11 is 1.58. The number of aromatic nitrogens is 1. The minimum Gasteiger partial charge on any atom is -0.381 e. The lowest BCUT2D eigenvalue weighted by Gasteiger charge is -2.16. The van der Waals surface area contributed by atoms with Gasteiger partial charge in [-0.1, -0.05) is 6.07 Å². The third kappa shape index (κ3) is 3.67. The first-order valence-electron chi connectivity index (χ1n) is 6.26. The summed E-state index contributed by atoms with van der Waals surface area (Å²) in [6.45, 7) is 6.54. The van der Waals surface area contributed by atoms with E-state index in [1.807, 2.05) is 32.2 Å². The predicted octanol–water partition coefficient (Wildman–Crippen LogP) is 4.02. The third-order valence-electron chi connectivity index (χ3n) is 2.54. The molecule has 1 aromatic carbocycles. The molecule has 2 rings (SSSR count). The van der Waals surface area contributed by atoms with Crippen LogP contribution >= 0.6 is 11.3 Å². The highest BCUT2D eigenvalue weighted by Gasteiger charge is 2.09. The first kappa shape index (κ1) is 13.8. The van der Waals surface area contributed by atoms with E-state index in [0.29, 0.717) is 12.2 Å². The monoisotopic (exact) mass is 279 g/mol. The molecule has 0 aliphatic carbocycles. The molecule has 1 heterocycles. The van der Waals surface area contributed by atoms with Gasteiger partial charge in [0.2, 0.25) is 0 Å². The van der Waals surface area contributed by atoms with Crippen molar-refractivity contribution >= 4 is 22.7 Å². The molecule has 0 aliphatic heterocycles. The number of hydrogen-bond donors (Lipinski definition) is 2. The predicted molar refractivity (Wildman–Crippen MR) is 79.3 cm³/mol. The topological polar surface area (TPSA) is 37.0 Å². The summed E-state index contributed by atoms with van der Waals surface area (Å²) in [4.78, 5) is 4.36. The maximum absolute atomic E-state index is 13.9. The van der Waals surface area contributed by atoms with Crippen molar-refractivity contribution in [3.8, 4) is 0 Å². The second-order valence-corrected chi connectivity index (χ2v) is 5.64. The molecule has 0 unspecified atom stereocenters. The van der Waals surface area contributed by atoms with Crippen molar-refractivity contribution in [1.29, 1.82) is 0 Å². The van der Waals surface area contributed by atoms with E-state index < -0.39 is 0 Å². The summed E-state index contributed by atoms with van der Waals surface area (Å²) < 4.78 is 13.9. The number of benzene rings is 1. The standard InChI is InChI=1S/C14H18FN3S/c1-9(2)17-12-6-4-5-11(15)14(12)16-7-13-18-10(3)8-19-13/h4-6,8-9,16-17H,7H2,1-3H3. The number of anilines is 2. The third-order valence-corrected chi connectivity index (χ3v) is 3.51. The fourth-order valence-electron chi connectivity index (χ4n) is 1.78. The van der Waals surface area contributed by atoms with Gasteiger partial charge in [0.1, 0.15) is 10.8 Å². The summed E-state index contributed by atoms with van der Waals surface area (Å²) in [6.07, 6.45) is 0. The fourth-order valence-corrected chi connectivity index (χ4v) is 2.49. The molecule has 0 amide bonds. The summed E-state index contributed by atoms with van der Waals surface area (Å²) in [7, 11) is 0. The van der Waals surface area contributed by atoms with Gasteiger partial charge in [-0.25, -0.2) is 9.37 Å². The van der Waals surface area contributed by atoms with Crippen LogP contribution in [0.2, 0.25) is 0 Å². The molecule has 0 saturated carbocycles. The average Bonchev–Trinajstić information content (AvgIpc) is 2.73. The minimum absolute atomic E-state index is 0.251. The lowest BCUT2D eigenvalue weighted by molar-refractivity contribution is 0.630. The van der Waals surface area contributed by atoms with E-state index in [4.69, 9.17) is 0 Å². The highest BCUT2D eigenvalue weighted by atomic mass is 32.1. The highest BCUT2D eigenvalue weighted by Crippen LogP contribution is 2.26. The number of hydrogen-bond acceptors (Lipinski definition) is 4. The first-order valence-corrected chi connectivity index (χ1v) is 7.14. The molecule has 19 heavy (non-hydrogen) atoms. The van der Waals surface area contributed by atoms with Crippen LogP contribution in [0.25, 0.3) is 0 Å². The van der Waals surface area contributed by atoms with E-state index in [0.717, 1.165) is 16.4 Å². The van der Waals surface area contributed by atoms with Crippen LogP contribution < -0.4 is 10.6 Å². The summed E-state index contributed by atoms with van der Waals surface area (Å²) in [6, 6.07) is 5.29. The van der Waals surface area contributed by atoms with Crippen LogP contribution in [0, 0.1) is 12.7 Å². The second-order valence-electron chi connectivity index (χ2n) is 4.70. The van der Waals surface area contributed by atoms with Crippen LogP contribution in [0.5, 0.6) is 0 Å². The lowest BCUT2D eigenvalue weighted by atomic mass is 10.2. The molecule has 2 aromatic rings. The minimum atomic E-state index is -0.251. The van der Waals surface area contributed by atoms with Gasteiger partial charge in [0.25, 0.3) is 0 Å². The number of para-hydroxylation sites is 1. The molecule has 2 N–H and O–H groups in total. The summed E-state index contributed by atoms with van der Waals surface area (Å²) in [5.74, 6) is -0.251. The number of nitrogens with one attached hydrogen (secondary N) is 2. The van der Waals surface area contributed by atoms with Gasteiger partial charge in [-0.05, 0) is 32.9 Å². The Kier molecular flexibility index (Phi) is 4.37. The van der Waals surface area contributed by atoms with Gasteiger partial charge in [-0.2, -0.15) is 0 Å². The Morgan fingerprint density at radius 2 is 2.16 bits per heavy atom. The number of halogens is 1. The van der Waals surface area contributed by atoms with Crippen molar-refractivity contribution in [3.05, 3.63) is 40.1 Å². The second kappa shape index (κ2) is 6.02. The van der Waals surface area contributed by atoms with E-state index in [9.17, 15) is 4.39 Å². The van der Waals surface area contributed by atoms with E-state index in [1.54, 1.807) is 17.4 Å². The van der Waals surface area contributed by atoms with Gasteiger partial charge in [0, 0.05) is 17.1 Å². The van der Waals surface area contributed by atoms with Crippen LogP contribution in [-0.2, 0) is 6.54 Å². The molecule has 0 aliphatic rings. The summed E-state index contributed by atoms with van der Waals surface area (Å²) in [5.41, 5.74) is 2.28. The lowest BCUT2D eigenvalue weighted by Crippen LogP contribution is -2.13. The van der Waals surface area contributed by atoms with Crippen LogP contribution in [0.1, 0.15) is 24.5 Å². The molecular formula is C14H18FN3S. The highest BCUT2D eigenvalue weighted by molar-refractivity contribution is 7.09. The molecule has 0 radical (unpaired) electrons. The van der Waals surface area contributed by atoms with Gasteiger partial charge in [-0.3, -0.25) is 0 Å². The van der Waals surface area contributed by atoms with E-state index >= 15 is 0 Å². The van der Waals surface area contributed by atoms with Gasteiger partial charge >= 0.3 is 0 Å². The van der Waals surface area contributed by atoms with Crippen LogP contribution in [0.15, 0.2) is 23.6 Å². The van der Waals surface area contributed by atoms with Crippen molar-refractivity contribution in [1.82, 2.24) is 4.98 Å². The Morgan fingerprint density at radius 3 is 2.79 bits per heavy atom. The van der Waals surface area contributed by atoms with Crippen molar-refractivity contribution in [2.45, 2.75) is 33.4 Å². The Balaban J connectivity index is 2.14. The van der Waals surface area contributed by atoms with E-state index in [1.165, 1.54) is 6.07 Å². The first-order chi connectivity index (χ1) is 9.06. The Morgan fingerprint density at radius 1 is 1.37 bits per heavy atom. The Bertz CT molecular complexity index is 551. The number of rotatable bonds is 5. The normalized spacial score (nSPS) is 10.8. The molecule has 0 atom stereocenters. The zero-order valence-electron chi connectivity index (χ0n) is 11.3.